The Kier molecular flexibility index (Phi) is 6.39. The van der Waals surface area contributed by atoms with Crippen molar-refractivity contribution in [2.75, 3.05) is 6.54 Å². The lowest BCUT2D eigenvalue weighted by Gasteiger charge is -2.12. The largest absolute Gasteiger partial charge is 0.469 e. The Labute approximate surface area is 182 Å². The van der Waals surface area contributed by atoms with Gasteiger partial charge in [0.1, 0.15) is 5.76 Å². The monoisotopic (exact) mass is 442 g/mol. The van der Waals surface area contributed by atoms with Crippen molar-refractivity contribution in [3.05, 3.63) is 89.8 Å². The number of hydrogen-bond donors (Lipinski definition) is 2. The van der Waals surface area contributed by atoms with E-state index in [4.69, 9.17) is 4.42 Å². The Morgan fingerprint density at radius 1 is 1.03 bits per heavy atom. The first-order valence-electron chi connectivity index (χ1n) is 9.98. The quantitative estimate of drug-likeness (QED) is 0.336. The minimum atomic E-state index is -4.39. The van der Waals surface area contributed by atoms with E-state index in [0.717, 1.165) is 23.5 Å². The zero-order valence-electron chi connectivity index (χ0n) is 17.0. The van der Waals surface area contributed by atoms with Crippen LogP contribution in [0.25, 0.3) is 5.65 Å². The van der Waals surface area contributed by atoms with Crippen LogP contribution in [0.4, 0.5) is 13.2 Å². The third-order valence-electron chi connectivity index (χ3n) is 4.72. The number of aliphatic imine (C=N–C) groups is 1. The van der Waals surface area contributed by atoms with Crippen LogP contribution in [-0.2, 0) is 25.7 Å². The van der Waals surface area contributed by atoms with Gasteiger partial charge in [0.2, 0.25) is 0 Å². The van der Waals surface area contributed by atoms with Crippen molar-refractivity contribution >= 4 is 11.6 Å². The van der Waals surface area contributed by atoms with Gasteiger partial charge < -0.3 is 15.1 Å². The van der Waals surface area contributed by atoms with Crippen LogP contribution in [0.1, 0.15) is 22.7 Å². The summed E-state index contributed by atoms with van der Waals surface area (Å²) in [6.45, 7) is 0.948. The fourth-order valence-corrected chi connectivity index (χ4v) is 3.12. The van der Waals surface area contributed by atoms with Gasteiger partial charge in [0.05, 0.1) is 24.9 Å². The van der Waals surface area contributed by atoms with E-state index in [9.17, 15) is 13.2 Å². The molecule has 1 aromatic carbocycles. The number of nitrogens with one attached hydrogen (secondary N) is 2. The molecule has 32 heavy (non-hydrogen) atoms. The molecule has 0 saturated heterocycles. The number of furan rings is 1. The number of aromatic nitrogens is 3. The molecule has 0 aliphatic heterocycles. The van der Waals surface area contributed by atoms with Gasteiger partial charge in [-0.2, -0.15) is 13.2 Å². The third kappa shape index (κ3) is 5.45. The van der Waals surface area contributed by atoms with Crippen LogP contribution in [-0.4, -0.2) is 27.1 Å². The van der Waals surface area contributed by atoms with Crippen molar-refractivity contribution in [3.63, 3.8) is 0 Å². The molecular formula is C22H21F3N6O. The molecule has 0 aliphatic rings. The number of guanidine groups is 1. The van der Waals surface area contributed by atoms with E-state index in [0.29, 0.717) is 36.9 Å². The van der Waals surface area contributed by atoms with E-state index in [1.54, 1.807) is 12.3 Å². The van der Waals surface area contributed by atoms with Crippen molar-refractivity contribution < 1.29 is 17.6 Å². The maximum Gasteiger partial charge on any atom is 0.416 e. The van der Waals surface area contributed by atoms with Gasteiger partial charge in [-0.1, -0.05) is 18.2 Å². The summed E-state index contributed by atoms with van der Waals surface area (Å²) in [7, 11) is 0. The van der Waals surface area contributed by atoms with Crippen LogP contribution in [0.5, 0.6) is 0 Å². The molecule has 4 rings (SSSR count). The molecule has 7 nitrogen and oxygen atoms in total. The first kappa shape index (κ1) is 21.4. The number of benzene rings is 1. The highest BCUT2D eigenvalue weighted by atomic mass is 19.4. The summed E-state index contributed by atoms with van der Waals surface area (Å²) in [4.78, 5) is 4.45. The van der Waals surface area contributed by atoms with Gasteiger partial charge in [0, 0.05) is 19.2 Å². The Bertz CT molecular complexity index is 1180. The molecule has 10 heteroatoms. The second-order valence-electron chi connectivity index (χ2n) is 7.02. The van der Waals surface area contributed by atoms with E-state index in [-0.39, 0.29) is 6.54 Å². The number of alkyl halides is 3. The molecular weight excluding hydrogens is 421 g/mol. The summed E-state index contributed by atoms with van der Waals surface area (Å²) in [6.07, 6.45) is -0.301. The number of hydrogen-bond acceptors (Lipinski definition) is 4. The lowest BCUT2D eigenvalue weighted by atomic mass is 10.1. The summed E-state index contributed by atoms with van der Waals surface area (Å²) in [6, 6.07) is 14.4. The highest BCUT2D eigenvalue weighted by Crippen LogP contribution is 2.29. The van der Waals surface area contributed by atoms with Gasteiger partial charge in [-0.3, -0.25) is 4.40 Å². The molecule has 0 fully saturated rings. The Morgan fingerprint density at radius 3 is 2.75 bits per heavy atom. The van der Waals surface area contributed by atoms with Crippen molar-refractivity contribution in [3.8, 4) is 0 Å². The summed E-state index contributed by atoms with van der Waals surface area (Å²) < 4.78 is 46.1. The molecule has 0 aliphatic carbocycles. The molecule has 0 amide bonds. The van der Waals surface area contributed by atoms with Gasteiger partial charge >= 0.3 is 6.18 Å². The molecule has 3 heterocycles. The predicted octanol–water partition coefficient (Wildman–Crippen LogP) is 3.82. The minimum Gasteiger partial charge on any atom is -0.469 e. The maximum atomic E-state index is 13.0. The Morgan fingerprint density at radius 2 is 1.94 bits per heavy atom. The number of fused-ring (bicyclic) bond motifs is 1. The lowest BCUT2D eigenvalue weighted by molar-refractivity contribution is -0.137. The smallest absolute Gasteiger partial charge is 0.416 e. The zero-order valence-corrected chi connectivity index (χ0v) is 17.0. The van der Waals surface area contributed by atoms with Gasteiger partial charge in [-0.05, 0) is 42.0 Å². The summed E-state index contributed by atoms with van der Waals surface area (Å²) >= 11 is 0. The lowest BCUT2D eigenvalue weighted by Crippen LogP contribution is -2.38. The molecule has 0 radical (unpaired) electrons. The SMILES string of the molecule is FC(F)(F)c1cccc(CN=C(NCCc2ccco2)NCc2nnc3ccccn23)c1. The van der Waals surface area contributed by atoms with Crippen LogP contribution in [0.3, 0.4) is 0 Å². The Hall–Kier alpha value is -3.82. The van der Waals surface area contributed by atoms with E-state index in [1.807, 2.05) is 40.9 Å². The molecule has 0 saturated carbocycles. The van der Waals surface area contributed by atoms with Crippen molar-refractivity contribution in [2.45, 2.75) is 25.7 Å². The molecule has 0 atom stereocenters. The number of rotatable bonds is 7. The molecule has 3 aromatic heterocycles. The summed E-state index contributed by atoms with van der Waals surface area (Å²) in [5.74, 6) is 1.94. The number of halogens is 3. The van der Waals surface area contributed by atoms with Crippen LogP contribution < -0.4 is 10.6 Å². The second-order valence-corrected chi connectivity index (χ2v) is 7.02. The molecule has 0 spiro atoms. The zero-order chi connectivity index (χ0) is 22.4. The topological polar surface area (TPSA) is 79.8 Å². The van der Waals surface area contributed by atoms with E-state index in [2.05, 4.69) is 25.8 Å². The first-order valence-corrected chi connectivity index (χ1v) is 9.98. The third-order valence-corrected chi connectivity index (χ3v) is 4.72. The molecule has 166 valence electrons. The molecule has 2 N–H and O–H groups in total. The van der Waals surface area contributed by atoms with Gasteiger partial charge in [0.15, 0.2) is 17.4 Å². The molecule has 0 unspecified atom stereocenters. The molecule has 4 aromatic rings. The van der Waals surface area contributed by atoms with Gasteiger partial charge in [-0.15, -0.1) is 10.2 Å². The minimum absolute atomic E-state index is 0.0839. The van der Waals surface area contributed by atoms with Crippen LogP contribution in [0, 0.1) is 0 Å². The highest BCUT2D eigenvalue weighted by Gasteiger charge is 2.30. The van der Waals surface area contributed by atoms with Crippen molar-refractivity contribution in [1.82, 2.24) is 25.2 Å². The number of nitrogens with zero attached hydrogens (tertiary/aromatic N) is 4. The van der Waals surface area contributed by atoms with Crippen LogP contribution >= 0.6 is 0 Å². The average Bonchev–Trinajstić information content (AvgIpc) is 3.45. The van der Waals surface area contributed by atoms with Crippen molar-refractivity contribution in [2.24, 2.45) is 4.99 Å². The van der Waals surface area contributed by atoms with E-state index >= 15 is 0 Å². The summed E-state index contributed by atoms with van der Waals surface area (Å²) in [5, 5.41) is 14.6. The average molecular weight is 442 g/mol. The van der Waals surface area contributed by atoms with E-state index in [1.165, 1.54) is 6.07 Å². The number of pyridine rings is 1. The standard InChI is InChI=1S/C22H21F3N6O/c23-22(24,25)17-6-3-5-16(13-17)14-27-21(26-10-9-18-7-4-12-32-18)28-15-20-30-29-19-8-1-2-11-31(19)20/h1-8,11-13H,9-10,14-15H2,(H2,26,27,28). The molecule has 0 bridgehead atoms. The maximum absolute atomic E-state index is 13.0. The first-order chi connectivity index (χ1) is 15.5. The van der Waals surface area contributed by atoms with Crippen molar-refractivity contribution in [1.29, 1.82) is 0 Å². The van der Waals surface area contributed by atoms with Gasteiger partial charge in [0.25, 0.3) is 0 Å². The highest BCUT2D eigenvalue weighted by molar-refractivity contribution is 5.79. The fraction of sp³-hybridized carbons (Fsp3) is 0.227. The normalized spacial score (nSPS) is 12.3. The van der Waals surface area contributed by atoms with Crippen LogP contribution in [0.2, 0.25) is 0 Å². The second kappa shape index (κ2) is 9.54. The van der Waals surface area contributed by atoms with E-state index < -0.39 is 11.7 Å². The summed E-state index contributed by atoms with van der Waals surface area (Å²) in [5.41, 5.74) is 0.484. The Balaban J connectivity index is 1.46. The fourth-order valence-electron chi connectivity index (χ4n) is 3.12. The van der Waals surface area contributed by atoms with Gasteiger partial charge in [-0.25, -0.2) is 4.99 Å². The van der Waals surface area contributed by atoms with Crippen LogP contribution in [0.15, 0.2) is 76.5 Å². The predicted molar refractivity (Wildman–Crippen MR) is 113 cm³/mol.